The summed E-state index contributed by atoms with van der Waals surface area (Å²) in [6.45, 7) is 0.0257. The number of hydrogen-bond acceptors (Lipinski definition) is 4. The van der Waals surface area contributed by atoms with Gasteiger partial charge in [0.05, 0.1) is 17.2 Å². The monoisotopic (exact) mass is 626 g/mol. The van der Waals surface area contributed by atoms with E-state index in [-0.39, 0.29) is 24.4 Å². The van der Waals surface area contributed by atoms with Gasteiger partial charge in [0.15, 0.2) is 11.5 Å². The van der Waals surface area contributed by atoms with Gasteiger partial charge in [0.25, 0.3) is 5.91 Å². The standard InChI is InChI=1S/C25H18Cl2FIN2O4/c1-34-22-10-14(8-20(29)23(22)35-13-16-6-7-17(26)11-18(16)27)9-21-24(32)31(25(33)30-21)12-15-4-2-3-5-19(15)28/h2-11H,12-13H2,1H3,(H,30,33)/b21-9+. The third-order valence-corrected chi connectivity index (χ3v) is 6.59. The van der Waals surface area contributed by atoms with Crippen molar-refractivity contribution in [3.05, 3.63) is 96.4 Å². The molecule has 1 aliphatic rings. The first-order valence-corrected chi connectivity index (χ1v) is 12.1. The predicted molar refractivity (Wildman–Crippen MR) is 140 cm³/mol. The first-order chi connectivity index (χ1) is 16.8. The number of methoxy groups -OCH3 is 1. The van der Waals surface area contributed by atoms with Crippen molar-refractivity contribution < 1.29 is 23.5 Å². The molecule has 6 nitrogen and oxygen atoms in total. The summed E-state index contributed by atoms with van der Waals surface area (Å²) < 4.78 is 26.2. The molecule has 0 aromatic heterocycles. The van der Waals surface area contributed by atoms with Gasteiger partial charge in [0.1, 0.15) is 18.1 Å². The molecule has 0 spiro atoms. The molecular formula is C25H18Cl2FIN2O4. The molecule has 0 unspecified atom stereocenters. The zero-order valence-corrected chi connectivity index (χ0v) is 21.9. The lowest BCUT2D eigenvalue weighted by Gasteiger charge is -2.14. The van der Waals surface area contributed by atoms with Gasteiger partial charge in [-0.15, -0.1) is 0 Å². The van der Waals surface area contributed by atoms with Crippen molar-refractivity contribution in [2.75, 3.05) is 7.11 Å². The van der Waals surface area contributed by atoms with Crippen LogP contribution in [0.2, 0.25) is 10.0 Å². The van der Waals surface area contributed by atoms with Crippen molar-refractivity contribution in [1.29, 1.82) is 0 Å². The summed E-state index contributed by atoms with van der Waals surface area (Å²) in [7, 11) is 1.50. The van der Waals surface area contributed by atoms with Gasteiger partial charge >= 0.3 is 6.03 Å². The lowest BCUT2D eigenvalue weighted by Crippen LogP contribution is -2.30. The number of imide groups is 1. The molecule has 0 radical (unpaired) electrons. The van der Waals surface area contributed by atoms with Gasteiger partial charge in [-0.05, 0) is 64.6 Å². The summed E-state index contributed by atoms with van der Waals surface area (Å²) in [6, 6.07) is 14.0. The molecule has 0 aliphatic carbocycles. The van der Waals surface area contributed by atoms with E-state index in [0.29, 0.717) is 27.1 Å². The van der Waals surface area contributed by atoms with E-state index in [2.05, 4.69) is 27.9 Å². The van der Waals surface area contributed by atoms with E-state index in [1.807, 2.05) is 0 Å². The van der Waals surface area contributed by atoms with E-state index in [4.69, 9.17) is 32.7 Å². The average Bonchev–Trinajstić information content (AvgIpc) is 3.07. The highest BCUT2D eigenvalue weighted by atomic mass is 127. The third kappa shape index (κ3) is 5.71. The molecule has 35 heavy (non-hydrogen) atoms. The highest BCUT2D eigenvalue weighted by molar-refractivity contribution is 14.1. The lowest BCUT2D eigenvalue weighted by molar-refractivity contribution is -0.123. The van der Waals surface area contributed by atoms with E-state index in [1.165, 1.54) is 25.3 Å². The minimum Gasteiger partial charge on any atom is -0.493 e. The number of nitrogens with zero attached hydrogens (tertiary/aromatic N) is 1. The molecule has 3 aromatic rings. The highest BCUT2D eigenvalue weighted by Gasteiger charge is 2.34. The van der Waals surface area contributed by atoms with Crippen LogP contribution in [0.15, 0.2) is 60.3 Å². The summed E-state index contributed by atoms with van der Waals surface area (Å²) >= 11 is 14.3. The molecule has 0 atom stereocenters. The van der Waals surface area contributed by atoms with Gasteiger partial charge in [0.2, 0.25) is 0 Å². The highest BCUT2D eigenvalue weighted by Crippen LogP contribution is 2.36. The zero-order chi connectivity index (χ0) is 25.1. The molecule has 4 rings (SSSR count). The Balaban J connectivity index is 1.54. The quantitative estimate of drug-likeness (QED) is 0.187. The molecule has 1 fully saturated rings. The van der Waals surface area contributed by atoms with Crippen LogP contribution in [0.5, 0.6) is 11.5 Å². The number of urea groups is 1. The molecule has 0 saturated carbocycles. The van der Waals surface area contributed by atoms with Crippen LogP contribution in [0.3, 0.4) is 0 Å². The lowest BCUT2D eigenvalue weighted by atomic mass is 10.1. The minimum absolute atomic E-state index is 0.0748. The Labute approximate surface area is 224 Å². The van der Waals surface area contributed by atoms with Crippen molar-refractivity contribution >= 4 is 63.8 Å². The van der Waals surface area contributed by atoms with Crippen LogP contribution in [0.1, 0.15) is 16.7 Å². The Morgan fingerprint density at radius 2 is 1.86 bits per heavy atom. The third-order valence-electron chi connectivity index (χ3n) is 5.20. The molecule has 180 valence electrons. The largest absolute Gasteiger partial charge is 0.493 e. The normalized spacial score (nSPS) is 14.4. The number of carbonyl (C=O) groups is 2. The molecule has 3 amide bonds. The summed E-state index contributed by atoms with van der Waals surface area (Å²) in [4.78, 5) is 26.2. The van der Waals surface area contributed by atoms with Crippen LogP contribution in [-0.2, 0) is 17.9 Å². The Morgan fingerprint density at radius 1 is 1.09 bits per heavy atom. The molecule has 10 heteroatoms. The number of hydrogen-bond donors (Lipinski definition) is 1. The maximum absolute atomic E-state index is 14.0. The molecule has 1 saturated heterocycles. The van der Waals surface area contributed by atoms with Gasteiger partial charge in [-0.1, -0.05) is 47.5 Å². The van der Waals surface area contributed by atoms with E-state index in [1.54, 1.807) is 42.5 Å². The molecular weight excluding hydrogens is 609 g/mol. The fourth-order valence-corrected chi connectivity index (χ4v) is 4.67. The molecule has 3 aromatic carbocycles. The van der Waals surface area contributed by atoms with Crippen LogP contribution in [-0.4, -0.2) is 23.9 Å². The maximum Gasteiger partial charge on any atom is 0.329 e. The molecule has 1 aliphatic heterocycles. The van der Waals surface area contributed by atoms with Crippen LogP contribution in [0.25, 0.3) is 6.08 Å². The Kier molecular flexibility index (Phi) is 7.83. The minimum atomic E-state index is -0.619. The fourth-order valence-electron chi connectivity index (χ4n) is 3.43. The Morgan fingerprint density at radius 3 is 2.57 bits per heavy atom. The number of amides is 3. The number of rotatable bonds is 7. The number of carbonyl (C=O) groups excluding carboxylic acids is 2. The van der Waals surface area contributed by atoms with Crippen molar-refractivity contribution in [2.45, 2.75) is 13.2 Å². The van der Waals surface area contributed by atoms with Gasteiger partial charge in [0, 0.05) is 21.2 Å². The second kappa shape index (κ2) is 10.8. The summed E-state index contributed by atoms with van der Waals surface area (Å²) in [5.74, 6) is -0.0942. The van der Waals surface area contributed by atoms with Crippen LogP contribution < -0.4 is 14.8 Å². The molecule has 0 bridgehead atoms. The first-order valence-electron chi connectivity index (χ1n) is 10.3. The van der Waals surface area contributed by atoms with Gasteiger partial charge < -0.3 is 14.8 Å². The molecule has 1 N–H and O–H groups in total. The fraction of sp³-hybridized carbons (Fsp3) is 0.120. The SMILES string of the molecule is COc1cc(/C=C2/NC(=O)N(Cc3ccccc3F)C2=O)cc(I)c1OCc1ccc(Cl)cc1Cl. The van der Waals surface area contributed by atoms with Crippen LogP contribution in [0, 0.1) is 9.39 Å². The summed E-state index contributed by atoms with van der Waals surface area (Å²) in [5, 5.41) is 3.57. The Bertz CT molecular complexity index is 1350. The van der Waals surface area contributed by atoms with Gasteiger partial charge in [-0.3, -0.25) is 9.69 Å². The number of ether oxygens (including phenoxy) is 2. The number of nitrogens with one attached hydrogen (secondary N) is 1. The maximum atomic E-state index is 14.0. The second-order valence-electron chi connectivity index (χ2n) is 7.53. The van der Waals surface area contributed by atoms with E-state index in [9.17, 15) is 14.0 Å². The van der Waals surface area contributed by atoms with Crippen molar-refractivity contribution in [2.24, 2.45) is 0 Å². The van der Waals surface area contributed by atoms with Crippen molar-refractivity contribution in [3.63, 3.8) is 0 Å². The average molecular weight is 627 g/mol. The first kappa shape index (κ1) is 25.3. The van der Waals surface area contributed by atoms with Crippen molar-refractivity contribution in [3.8, 4) is 11.5 Å². The smallest absolute Gasteiger partial charge is 0.329 e. The van der Waals surface area contributed by atoms with Crippen LogP contribution in [0.4, 0.5) is 9.18 Å². The van der Waals surface area contributed by atoms with Crippen LogP contribution >= 0.6 is 45.8 Å². The number of halogens is 4. The molecule has 1 heterocycles. The predicted octanol–water partition coefficient (Wildman–Crippen LogP) is 6.42. The second-order valence-corrected chi connectivity index (χ2v) is 9.54. The van der Waals surface area contributed by atoms with E-state index in [0.717, 1.165) is 14.0 Å². The summed E-state index contributed by atoms with van der Waals surface area (Å²) in [6.07, 6.45) is 1.53. The number of benzene rings is 3. The van der Waals surface area contributed by atoms with Crippen molar-refractivity contribution in [1.82, 2.24) is 10.2 Å². The zero-order valence-electron chi connectivity index (χ0n) is 18.3. The summed E-state index contributed by atoms with van der Waals surface area (Å²) in [5.41, 5.74) is 1.69. The Hall–Kier alpha value is -2.82. The van der Waals surface area contributed by atoms with Gasteiger partial charge in [-0.25, -0.2) is 9.18 Å². The van der Waals surface area contributed by atoms with E-state index >= 15 is 0 Å². The van der Waals surface area contributed by atoms with Gasteiger partial charge in [-0.2, -0.15) is 0 Å². The topological polar surface area (TPSA) is 67.9 Å². The van der Waals surface area contributed by atoms with E-state index < -0.39 is 17.8 Å².